The van der Waals surface area contributed by atoms with Crippen LogP contribution in [0.1, 0.15) is 5.56 Å². The van der Waals surface area contributed by atoms with Crippen molar-refractivity contribution in [3.8, 4) is 5.75 Å². The van der Waals surface area contributed by atoms with E-state index < -0.39 is 0 Å². The molecular formula is C17H18N2O3. The minimum Gasteiger partial charge on any atom is -0.495 e. The summed E-state index contributed by atoms with van der Waals surface area (Å²) in [6, 6.07) is 16.5. The molecule has 0 aliphatic rings. The van der Waals surface area contributed by atoms with Crippen LogP contribution < -0.4 is 15.4 Å². The summed E-state index contributed by atoms with van der Waals surface area (Å²) in [5, 5.41) is 5.30. The first kappa shape index (κ1) is 15.6. The summed E-state index contributed by atoms with van der Waals surface area (Å²) >= 11 is 0. The number of carbonyl (C=O) groups excluding carboxylic acids is 2. The molecule has 0 spiro atoms. The lowest BCUT2D eigenvalue weighted by Crippen LogP contribution is -2.33. The molecule has 0 atom stereocenters. The van der Waals surface area contributed by atoms with Gasteiger partial charge in [-0.15, -0.1) is 0 Å². The van der Waals surface area contributed by atoms with Crippen LogP contribution in [0.3, 0.4) is 0 Å². The summed E-state index contributed by atoms with van der Waals surface area (Å²) in [6.07, 6.45) is 0.253. The number of carbonyl (C=O) groups is 2. The predicted octanol–water partition coefficient (Wildman–Crippen LogP) is 1.99. The number of hydrogen-bond donors (Lipinski definition) is 2. The van der Waals surface area contributed by atoms with Gasteiger partial charge in [0.05, 0.1) is 25.8 Å². The van der Waals surface area contributed by atoms with Crippen LogP contribution in [-0.4, -0.2) is 25.5 Å². The second-order valence-electron chi connectivity index (χ2n) is 4.69. The highest BCUT2D eigenvalue weighted by Crippen LogP contribution is 2.22. The van der Waals surface area contributed by atoms with Crippen molar-refractivity contribution in [3.63, 3.8) is 0 Å². The van der Waals surface area contributed by atoms with E-state index in [4.69, 9.17) is 4.74 Å². The third-order valence-electron chi connectivity index (χ3n) is 3.03. The molecule has 0 saturated heterocycles. The molecule has 0 fully saturated rings. The minimum absolute atomic E-state index is 0.0796. The number of benzene rings is 2. The fourth-order valence-corrected chi connectivity index (χ4v) is 1.96. The maximum Gasteiger partial charge on any atom is 0.243 e. The van der Waals surface area contributed by atoms with Crippen LogP contribution in [0.25, 0.3) is 0 Å². The van der Waals surface area contributed by atoms with E-state index in [9.17, 15) is 9.59 Å². The van der Waals surface area contributed by atoms with E-state index in [1.165, 1.54) is 7.11 Å². The average molecular weight is 298 g/mol. The first-order valence-corrected chi connectivity index (χ1v) is 6.92. The van der Waals surface area contributed by atoms with Gasteiger partial charge in [-0.05, 0) is 17.7 Å². The molecule has 2 aromatic carbocycles. The Labute approximate surface area is 129 Å². The number of para-hydroxylation sites is 2. The number of amides is 2. The molecule has 0 aromatic heterocycles. The van der Waals surface area contributed by atoms with E-state index >= 15 is 0 Å². The van der Waals surface area contributed by atoms with Gasteiger partial charge in [0.1, 0.15) is 5.75 Å². The van der Waals surface area contributed by atoms with Gasteiger partial charge in [0.2, 0.25) is 11.8 Å². The van der Waals surface area contributed by atoms with Crippen LogP contribution in [0.4, 0.5) is 5.69 Å². The SMILES string of the molecule is COc1ccccc1NC(=O)CNC(=O)Cc1ccccc1. The topological polar surface area (TPSA) is 67.4 Å². The molecule has 2 amide bonds. The Morgan fingerprint density at radius 3 is 2.36 bits per heavy atom. The zero-order valence-electron chi connectivity index (χ0n) is 12.3. The van der Waals surface area contributed by atoms with E-state index in [0.717, 1.165) is 5.56 Å². The van der Waals surface area contributed by atoms with E-state index in [1.54, 1.807) is 18.2 Å². The molecule has 0 bridgehead atoms. The highest BCUT2D eigenvalue weighted by Gasteiger charge is 2.09. The highest BCUT2D eigenvalue weighted by atomic mass is 16.5. The van der Waals surface area contributed by atoms with Crippen molar-refractivity contribution in [1.29, 1.82) is 0 Å². The lowest BCUT2D eigenvalue weighted by atomic mass is 10.1. The van der Waals surface area contributed by atoms with Crippen molar-refractivity contribution < 1.29 is 14.3 Å². The number of anilines is 1. The van der Waals surface area contributed by atoms with Crippen LogP contribution >= 0.6 is 0 Å². The third kappa shape index (κ3) is 4.63. The van der Waals surface area contributed by atoms with Crippen molar-refractivity contribution in [2.24, 2.45) is 0 Å². The summed E-state index contributed by atoms with van der Waals surface area (Å²) in [4.78, 5) is 23.6. The third-order valence-corrected chi connectivity index (χ3v) is 3.03. The Morgan fingerprint density at radius 2 is 1.64 bits per heavy atom. The Hall–Kier alpha value is -2.82. The number of ether oxygens (including phenoxy) is 1. The van der Waals surface area contributed by atoms with Crippen molar-refractivity contribution in [2.45, 2.75) is 6.42 Å². The normalized spacial score (nSPS) is 9.86. The number of methoxy groups -OCH3 is 1. The maximum absolute atomic E-state index is 11.9. The lowest BCUT2D eigenvalue weighted by Gasteiger charge is -2.10. The summed E-state index contributed by atoms with van der Waals surface area (Å²) in [5.74, 6) is 0.0822. The Balaban J connectivity index is 1.81. The van der Waals surface area contributed by atoms with Crippen LogP contribution in [-0.2, 0) is 16.0 Å². The van der Waals surface area contributed by atoms with Gasteiger partial charge in [-0.1, -0.05) is 42.5 Å². The molecule has 0 unspecified atom stereocenters. The van der Waals surface area contributed by atoms with Gasteiger partial charge in [0.15, 0.2) is 0 Å². The monoisotopic (exact) mass is 298 g/mol. The Kier molecular flexibility index (Phi) is 5.54. The standard InChI is InChI=1S/C17H18N2O3/c1-22-15-10-6-5-9-14(15)19-17(21)12-18-16(20)11-13-7-3-2-4-8-13/h2-10H,11-12H2,1H3,(H,18,20)(H,19,21). The van der Waals surface area contributed by atoms with Crippen molar-refractivity contribution >= 4 is 17.5 Å². The van der Waals surface area contributed by atoms with Crippen LogP contribution in [0.2, 0.25) is 0 Å². The molecule has 0 aliphatic carbocycles. The van der Waals surface area contributed by atoms with E-state index in [-0.39, 0.29) is 24.8 Å². The molecular weight excluding hydrogens is 280 g/mol. The molecule has 2 rings (SSSR count). The molecule has 5 heteroatoms. The largest absolute Gasteiger partial charge is 0.495 e. The predicted molar refractivity (Wildman–Crippen MR) is 84.8 cm³/mol. The van der Waals surface area contributed by atoms with E-state index in [2.05, 4.69) is 10.6 Å². The zero-order chi connectivity index (χ0) is 15.8. The Bertz CT molecular complexity index is 641. The smallest absolute Gasteiger partial charge is 0.243 e. The first-order valence-electron chi connectivity index (χ1n) is 6.92. The van der Waals surface area contributed by atoms with Gasteiger partial charge in [-0.2, -0.15) is 0 Å². The number of hydrogen-bond acceptors (Lipinski definition) is 3. The van der Waals surface area contributed by atoms with Crippen LogP contribution in [0.5, 0.6) is 5.75 Å². The molecule has 5 nitrogen and oxygen atoms in total. The first-order chi connectivity index (χ1) is 10.7. The molecule has 114 valence electrons. The van der Waals surface area contributed by atoms with E-state index in [1.807, 2.05) is 36.4 Å². The second kappa shape index (κ2) is 7.83. The quantitative estimate of drug-likeness (QED) is 0.857. The molecule has 0 aliphatic heterocycles. The lowest BCUT2D eigenvalue weighted by molar-refractivity contribution is -0.123. The minimum atomic E-state index is -0.300. The van der Waals surface area contributed by atoms with Crippen molar-refractivity contribution in [3.05, 3.63) is 60.2 Å². The highest BCUT2D eigenvalue weighted by molar-refractivity contribution is 5.95. The average Bonchev–Trinajstić information content (AvgIpc) is 2.54. The zero-order valence-corrected chi connectivity index (χ0v) is 12.3. The van der Waals surface area contributed by atoms with Crippen LogP contribution in [0.15, 0.2) is 54.6 Å². The fourth-order valence-electron chi connectivity index (χ4n) is 1.96. The van der Waals surface area contributed by atoms with Gasteiger partial charge < -0.3 is 15.4 Å². The van der Waals surface area contributed by atoms with Gasteiger partial charge in [0, 0.05) is 0 Å². The summed E-state index contributed by atoms with van der Waals surface area (Å²) in [6.45, 7) is -0.0796. The van der Waals surface area contributed by atoms with Crippen LogP contribution in [0, 0.1) is 0 Å². The fraction of sp³-hybridized carbons (Fsp3) is 0.176. The summed E-state index contributed by atoms with van der Waals surface area (Å²) in [5.41, 5.74) is 1.48. The number of nitrogens with one attached hydrogen (secondary N) is 2. The molecule has 0 saturated carbocycles. The second-order valence-corrected chi connectivity index (χ2v) is 4.69. The van der Waals surface area contributed by atoms with Gasteiger partial charge in [-0.3, -0.25) is 9.59 Å². The van der Waals surface area contributed by atoms with Gasteiger partial charge in [0.25, 0.3) is 0 Å². The van der Waals surface area contributed by atoms with Gasteiger partial charge >= 0.3 is 0 Å². The van der Waals surface area contributed by atoms with Crippen molar-refractivity contribution in [1.82, 2.24) is 5.32 Å². The van der Waals surface area contributed by atoms with Crippen molar-refractivity contribution in [2.75, 3.05) is 19.0 Å². The molecule has 2 aromatic rings. The van der Waals surface area contributed by atoms with E-state index in [0.29, 0.717) is 11.4 Å². The van der Waals surface area contributed by atoms with Gasteiger partial charge in [-0.25, -0.2) is 0 Å². The summed E-state index contributed by atoms with van der Waals surface area (Å²) < 4.78 is 5.15. The molecule has 22 heavy (non-hydrogen) atoms. The molecule has 2 N–H and O–H groups in total. The number of rotatable bonds is 6. The molecule has 0 heterocycles. The summed E-state index contributed by atoms with van der Waals surface area (Å²) in [7, 11) is 1.53. The molecule has 0 radical (unpaired) electrons. The maximum atomic E-state index is 11.9. The Morgan fingerprint density at radius 1 is 0.955 bits per heavy atom.